The van der Waals surface area contributed by atoms with Gasteiger partial charge in [0.15, 0.2) is 0 Å². The second-order valence-corrected chi connectivity index (χ2v) is 7.35. The fourth-order valence-electron chi connectivity index (χ4n) is 2.78. The summed E-state index contributed by atoms with van der Waals surface area (Å²) < 4.78 is 7.01. The second kappa shape index (κ2) is 10.6. The first-order chi connectivity index (χ1) is 14.1. The molecular weight excluding hydrogens is 434 g/mol. The summed E-state index contributed by atoms with van der Waals surface area (Å²) in [7, 11) is 0. The highest BCUT2D eigenvalue weighted by Gasteiger charge is 2.06. The lowest BCUT2D eigenvalue weighted by molar-refractivity contribution is -0.384. The van der Waals surface area contributed by atoms with E-state index in [2.05, 4.69) is 32.6 Å². The zero-order valence-corrected chi connectivity index (χ0v) is 17.4. The number of nitrogens with zero attached hydrogens (tertiary/aromatic N) is 1. The maximum Gasteiger partial charge on any atom is 0.269 e. The maximum absolute atomic E-state index is 10.7. The van der Waals surface area contributed by atoms with Gasteiger partial charge >= 0.3 is 0 Å². The van der Waals surface area contributed by atoms with Gasteiger partial charge in [0, 0.05) is 47.5 Å². The number of anilines is 1. The first-order valence-corrected chi connectivity index (χ1v) is 10.1. The van der Waals surface area contributed by atoms with Crippen molar-refractivity contribution in [2.24, 2.45) is 0 Å². The zero-order chi connectivity index (χ0) is 20.5. The van der Waals surface area contributed by atoms with E-state index >= 15 is 0 Å². The van der Waals surface area contributed by atoms with E-state index in [0.29, 0.717) is 19.7 Å². The molecule has 0 amide bonds. The van der Waals surface area contributed by atoms with Crippen molar-refractivity contribution >= 4 is 27.3 Å². The van der Waals surface area contributed by atoms with Crippen LogP contribution >= 0.6 is 15.9 Å². The molecule has 0 aliphatic carbocycles. The molecule has 0 aliphatic rings. The molecule has 0 bridgehead atoms. The number of hydrogen-bond acceptors (Lipinski definition) is 5. The molecule has 150 valence electrons. The minimum absolute atomic E-state index is 0.0892. The Hall–Kier alpha value is -2.90. The molecule has 29 heavy (non-hydrogen) atoms. The molecule has 0 fully saturated rings. The van der Waals surface area contributed by atoms with Gasteiger partial charge in [-0.3, -0.25) is 10.1 Å². The van der Waals surface area contributed by atoms with Gasteiger partial charge in [0.1, 0.15) is 12.4 Å². The predicted octanol–water partition coefficient (Wildman–Crippen LogP) is 5.14. The number of rotatable bonds is 10. The van der Waals surface area contributed by atoms with Crippen molar-refractivity contribution in [3.63, 3.8) is 0 Å². The maximum atomic E-state index is 10.7. The molecule has 0 unspecified atom stereocenters. The molecule has 0 atom stereocenters. The van der Waals surface area contributed by atoms with E-state index in [1.165, 1.54) is 12.1 Å². The number of nitro groups is 1. The summed E-state index contributed by atoms with van der Waals surface area (Å²) in [6, 6.07) is 22.5. The van der Waals surface area contributed by atoms with Crippen LogP contribution in [0.3, 0.4) is 0 Å². The van der Waals surface area contributed by atoms with Crippen molar-refractivity contribution < 1.29 is 9.66 Å². The number of benzene rings is 3. The van der Waals surface area contributed by atoms with E-state index in [0.717, 1.165) is 33.6 Å². The molecule has 2 N–H and O–H groups in total. The zero-order valence-electron chi connectivity index (χ0n) is 15.8. The predicted molar refractivity (Wildman–Crippen MR) is 118 cm³/mol. The fraction of sp³-hybridized carbons (Fsp3) is 0.182. The average Bonchev–Trinajstić information content (AvgIpc) is 2.74. The van der Waals surface area contributed by atoms with Crippen molar-refractivity contribution in [2.75, 3.05) is 18.4 Å². The third-order valence-corrected chi connectivity index (χ3v) is 4.78. The molecule has 0 saturated carbocycles. The van der Waals surface area contributed by atoms with Crippen LogP contribution in [0, 0.1) is 10.1 Å². The smallest absolute Gasteiger partial charge is 0.269 e. The summed E-state index contributed by atoms with van der Waals surface area (Å²) in [5.74, 6) is 0.855. The summed E-state index contributed by atoms with van der Waals surface area (Å²) in [5.41, 5.74) is 3.14. The van der Waals surface area contributed by atoms with Crippen LogP contribution < -0.4 is 15.4 Å². The second-order valence-electron chi connectivity index (χ2n) is 6.43. The molecule has 0 saturated heterocycles. The van der Waals surface area contributed by atoms with Gasteiger partial charge in [-0.05, 0) is 35.9 Å². The minimum Gasteiger partial charge on any atom is -0.489 e. The van der Waals surface area contributed by atoms with Crippen LogP contribution in [0.4, 0.5) is 11.4 Å². The monoisotopic (exact) mass is 455 g/mol. The molecule has 3 rings (SSSR count). The lowest BCUT2D eigenvalue weighted by atomic mass is 10.2. The number of hydrogen-bond donors (Lipinski definition) is 2. The highest BCUT2D eigenvalue weighted by molar-refractivity contribution is 9.10. The van der Waals surface area contributed by atoms with E-state index in [-0.39, 0.29) is 5.69 Å². The molecule has 0 aromatic heterocycles. The highest BCUT2D eigenvalue weighted by Crippen LogP contribution is 2.24. The van der Waals surface area contributed by atoms with Crippen molar-refractivity contribution in [1.82, 2.24) is 5.32 Å². The summed E-state index contributed by atoms with van der Waals surface area (Å²) in [5, 5.41) is 17.3. The normalized spacial score (nSPS) is 10.5. The third kappa shape index (κ3) is 6.58. The van der Waals surface area contributed by atoms with Crippen molar-refractivity contribution in [3.8, 4) is 5.75 Å². The lowest BCUT2D eigenvalue weighted by Gasteiger charge is -2.13. The number of non-ortho nitro benzene ring substituents is 1. The number of nitro benzene ring substituents is 1. The molecule has 0 heterocycles. The standard InChI is InChI=1S/C22H22BrN3O3/c23-19-6-11-22(29-16-17-4-2-1-3-5-17)18(14-19)15-24-12-13-25-20-7-9-21(10-8-20)26(27)28/h1-11,14,24-25H,12-13,15-16H2. The number of halogens is 1. The van der Waals surface area contributed by atoms with Gasteiger partial charge in [-0.2, -0.15) is 0 Å². The van der Waals surface area contributed by atoms with Crippen LogP contribution in [0.5, 0.6) is 5.75 Å². The number of ether oxygens (including phenoxy) is 1. The Morgan fingerprint density at radius 2 is 1.72 bits per heavy atom. The SMILES string of the molecule is O=[N+]([O-])c1ccc(NCCNCc2cc(Br)ccc2OCc2ccccc2)cc1. The van der Waals surface area contributed by atoms with Crippen molar-refractivity contribution in [3.05, 3.63) is 98.5 Å². The first-order valence-electron chi connectivity index (χ1n) is 9.26. The van der Waals surface area contributed by atoms with E-state index < -0.39 is 4.92 Å². The first kappa shape index (κ1) is 20.8. The Bertz CT molecular complexity index is 934. The quantitative estimate of drug-likeness (QED) is 0.251. The molecule has 6 nitrogen and oxygen atoms in total. The molecule has 0 spiro atoms. The molecule has 3 aromatic rings. The Kier molecular flexibility index (Phi) is 7.61. The van der Waals surface area contributed by atoms with E-state index in [1.54, 1.807) is 12.1 Å². The molecular formula is C22H22BrN3O3. The van der Waals surface area contributed by atoms with E-state index in [9.17, 15) is 10.1 Å². The average molecular weight is 456 g/mol. The summed E-state index contributed by atoms with van der Waals surface area (Å²) in [6.45, 7) is 2.64. The van der Waals surface area contributed by atoms with Crippen LogP contribution in [0.25, 0.3) is 0 Å². The lowest BCUT2D eigenvalue weighted by Crippen LogP contribution is -2.22. The summed E-state index contributed by atoms with van der Waals surface area (Å²) in [4.78, 5) is 10.3. The van der Waals surface area contributed by atoms with Gasteiger partial charge in [0.05, 0.1) is 4.92 Å². The van der Waals surface area contributed by atoms with Crippen molar-refractivity contribution in [2.45, 2.75) is 13.2 Å². The van der Waals surface area contributed by atoms with Crippen LogP contribution in [-0.2, 0) is 13.2 Å². The van der Waals surface area contributed by atoms with Crippen LogP contribution in [0.15, 0.2) is 77.3 Å². The molecule has 7 heteroatoms. The van der Waals surface area contributed by atoms with E-state index in [4.69, 9.17) is 4.74 Å². The Balaban J connectivity index is 1.47. The number of nitrogens with one attached hydrogen (secondary N) is 2. The molecule has 0 radical (unpaired) electrons. The summed E-state index contributed by atoms with van der Waals surface area (Å²) >= 11 is 3.52. The van der Waals surface area contributed by atoms with Gasteiger partial charge in [0.2, 0.25) is 0 Å². The topological polar surface area (TPSA) is 76.4 Å². The van der Waals surface area contributed by atoms with Gasteiger partial charge < -0.3 is 15.4 Å². The largest absolute Gasteiger partial charge is 0.489 e. The molecule has 0 aliphatic heterocycles. The minimum atomic E-state index is -0.402. The van der Waals surface area contributed by atoms with Gasteiger partial charge in [0.25, 0.3) is 5.69 Å². The molecule has 3 aromatic carbocycles. The van der Waals surface area contributed by atoms with E-state index in [1.807, 2.05) is 42.5 Å². The fourth-order valence-corrected chi connectivity index (χ4v) is 3.19. The van der Waals surface area contributed by atoms with Crippen molar-refractivity contribution in [1.29, 1.82) is 0 Å². The van der Waals surface area contributed by atoms with Gasteiger partial charge in [-0.1, -0.05) is 46.3 Å². The summed E-state index contributed by atoms with van der Waals surface area (Å²) in [6.07, 6.45) is 0. The Morgan fingerprint density at radius 1 is 0.966 bits per heavy atom. The van der Waals surface area contributed by atoms with Gasteiger partial charge in [-0.25, -0.2) is 0 Å². The Labute approximate surface area is 178 Å². The van der Waals surface area contributed by atoms with Crippen LogP contribution in [0.2, 0.25) is 0 Å². The highest BCUT2D eigenvalue weighted by atomic mass is 79.9. The van der Waals surface area contributed by atoms with Crippen LogP contribution in [-0.4, -0.2) is 18.0 Å². The van der Waals surface area contributed by atoms with Gasteiger partial charge in [-0.15, -0.1) is 0 Å². The third-order valence-electron chi connectivity index (χ3n) is 4.28. The van der Waals surface area contributed by atoms with Crippen LogP contribution in [0.1, 0.15) is 11.1 Å². The Morgan fingerprint density at radius 3 is 2.45 bits per heavy atom.